The molecular weight excluding hydrogens is 605 g/mol. The molecule has 0 atom stereocenters. The Morgan fingerprint density at radius 1 is 0.220 bits per heavy atom. The van der Waals surface area contributed by atoms with Crippen LogP contribution in [0.2, 0.25) is 0 Å². The van der Waals surface area contributed by atoms with Gasteiger partial charge in [0.25, 0.3) is 0 Å². The van der Waals surface area contributed by atoms with Gasteiger partial charge in [-0.05, 0) is 106 Å². The molecule has 0 spiro atoms. The van der Waals surface area contributed by atoms with E-state index in [-0.39, 0.29) is 0 Å². The van der Waals surface area contributed by atoms with Crippen LogP contribution in [0.4, 0.5) is 0 Å². The molecule has 0 radical (unpaired) electrons. The summed E-state index contributed by atoms with van der Waals surface area (Å²) in [6.07, 6.45) is 0. The maximum absolute atomic E-state index is 2.37. The Balaban J connectivity index is 1.05. The molecule has 0 bridgehead atoms. The fourth-order valence-electron chi connectivity index (χ4n) is 7.77. The molecule has 50 heavy (non-hydrogen) atoms. The molecule has 2 nitrogen and oxygen atoms in total. The number of benzene rings is 8. The van der Waals surface area contributed by atoms with Crippen LogP contribution in [0, 0.1) is 0 Å². The molecule has 2 aromatic heterocycles. The first kappa shape index (κ1) is 28.4. The summed E-state index contributed by atoms with van der Waals surface area (Å²) in [6.45, 7) is 0. The topological polar surface area (TPSA) is 9.86 Å². The molecule has 10 aromatic rings. The monoisotopic (exact) mass is 636 g/mol. The van der Waals surface area contributed by atoms with Crippen LogP contribution in [0.15, 0.2) is 194 Å². The van der Waals surface area contributed by atoms with Gasteiger partial charge < -0.3 is 9.13 Å². The molecule has 0 unspecified atom stereocenters. The largest absolute Gasteiger partial charge is 0.309 e. The van der Waals surface area contributed by atoms with E-state index >= 15 is 0 Å². The number of nitrogens with zero attached hydrogens (tertiary/aromatic N) is 2. The average molecular weight is 637 g/mol. The summed E-state index contributed by atoms with van der Waals surface area (Å²) in [7, 11) is 0. The van der Waals surface area contributed by atoms with Crippen LogP contribution in [0.3, 0.4) is 0 Å². The normalized spacial score (nSPS) is 11.6. The number of rotatable bonds is 5. The summed E-state index contributed by atoms with van der Waals surface area (Å²) in [5.74, 6) is 0. The quantitative estimate of drug-likeness (QED) is 0.178. The Morgan fingerprint density at radius 2 is 0.560 bits per heavy atom. The summed E-state index contributed by atoms with van der Waals surface area (Å²) < 4.78 is 4.74. The van der Waals surface area contributed by atoms with Gasteiger partial charge in [0.05, 0.1) is 22.1 Å². The van der Waals surface area contributed by atoms with Crippen LogP contribution >= 0.6 is 0 Å². The first-order valence-electron chi connectivity index (χ1n) is 17.2. The van der Waals surface area contributed by atoms with Gasteiger partial charge in [0.2, 0.25) is 0 Å². The summed E-state index contributed by atoms with van der Waals surface area (Å²) in [4.78, 5) is 0. The van der Waals surface area contributed by atoms with E-state index in [2.05, 4.69) is 203 Å². The standard InChI is InChI=1S/C48H32N2/c1-3-17-39(18-4-1)49-45-23-9-7-21-41(45)43-31-37(25-27-47(43)49)35-15-11-13-33(29-35)34-14-12-16-36(30-34)38-26-28-48-44(32-38)42-22-8-10-24-46(42)50(48)40-19-5-2-6-20-40/h1-32H. The van der Waals surface area contributed by atoms with Crippen LogP contribution in [-0.4, -0.2) is 9.13 Å². The second kappa shape index (κ2) is 11.5. The predicted octanol–water partition coefficient (Wildman–Crippen LogP) is 12.9. The summed E-state index contributed by atoms with van der Waals surface area (Å²) in [6, 6.07) is 70.4. The lowest BCUT2D eigenvalue weighted by Crippen LogP contribution is -1.92. The van der Waals surface area contributed by atoms with Gasteiger partial charge in [0.15, 0.2) is 0 Å². The van der Waals surface area contributed by atoms with Gasteiger partial charge in [-0.15, -0.1) is 0 Å². The highest BCUT2D eigenvalue weighted by Crippen LogP contribution is 2.38. The minimum absolute atomic E-state index is 1.18. The zero-order valence-corrected chi connectivity index (χ0v) is 27.4. The number of para-hydroxylation sites is 4. The molecule has 0 N–H and O–H groups in total. The van der Waals surface area contributed by atoms with Crippen molar-refractivity contribution in [1.82, 2.24) is 9.13 Å². The molecule has 10 rings (SSSR count). The Morgan fingerprint density at radius 3 is 0.980 bits per heavy atom. The number of aromatic nitrogens is 2. The summed E-state index contributed by atoms with van der Waals surface area (Å²) in [5.41, 5.74) is 14.5. The molecule has 0 saturated carbocycles. The van der Waals surface area contributed by atoms with Crippen molar-refractivity contribution in [3.63, 3.8) is 0 Å². The van der Waals surface area contributed by atoms with Crippen LogP contribution in [0.25, 0.3) is 88.4 Å². The maximum atomic E-state index is 2.37. The lowest BCUT2D eigenvalue weighted by atomic mass is 9.95. The zero-order valence-electron chi connectivity index (χ0n) is 27.4. The number of fused-ring (bicyclic) bond motifs is 6. The van der Waals surface area contributed by atoms with E-state index in [1.54, 1.807) is 0 Å². The van der Waals surface area contributed by atoms with Crippen molar-refractivity contribution in [1.29, 1.82) is 0 Å². The smallest absolute Gasteiger partial charge is 0.0541 e. The Hall–Kier alpha value is -6.64. The highest BCUT2D eigenvalue weighted by Gasteiger charge is 2.15. The minimum atomic E-state index is 1.18. The first-order chi connectivity index (χ1) is 24.8. The van der Waals surface area contributed by atoms with E-state index in [0.717, 1.165) is 0 Å². The fraction of sp³-hybridized carbons (Fsp3) is 0. The van der Waals surface area contributed by atoms with Crippen molar-refractivity contribution in [2.45, 2.75) is 0 Å². The molecule has 234 valence electrons. The molecule has 0 aliphatic heterocycles. The summed E-state index contributed by atoms with van der Waals surface area (Å²) in [5, 5.41) is 5.05. The SMILES string of the molecule is c1ccc(-n2c3ccccc3c3cc(-c4cccc(-c5cccc(-c6ccc7c(c6)c6ccccc6n7-c6ccccc6)c5)c4)ccc32)cc1. The van der Waals surface area contributed by atoms with Crippen molar-refractivity contribution in [2.24, 2.45) is 0 Å². The number of hydrogen-bond donors (Lipinski definition) is 0. The zero-order chi connectivity index (χ0) is 33.0. The molecule has 0 fully saturated rings. The van der Waals surface area contributed by atoms with E-state index in [9.17, 15) is 0 Å². The second-order valence-electron chi connectivity index (χ2n) is 13.0. The third-order valence-corrected chi connectivity index (χ3v) is 10.1. The average Bonchev–Trinajstić information content (AvgIpc) is 3.71. The van der Waals surface area contributed by atoms with Gasteiger partial charge in [-0.2, -0.15) is 0 Å². The van der Waals surface area contributed by atoms with Crippen molar-refractivity contribution >= 4 is 43.6 Å². The van der Waals surface area contributed by atoms with E-state index in [1.807, 2.05) is 0 Å². The van der Waals surface area contributed by atoms with Crippen LogP contribution < -0.4 is 0 Å². The van der Waals surface area contributed by atoms with Gasteiger partial charge in [0.1, 0.15) is 0 Å². The van der Waals surface area contributed by atoms with Gasteiger partial charge >= 0.3 is 0 Å². The predicted molar refractivity (Wildman–Crippen MR) is 211 cm³/mol. The second-order valence-corrected chi connectivity index (χ2v) is 13.0. The van der Waals surface area contributed by atoms with Crippen LogP contribution in [0.5, 0.6) is 0 Å². The molecule has 2 heteroatoms. The van der Waals surface area contributed by atoms with Gasteiger partial charge in [0, 0.05) is 32.9 Å². The van der Waals surface area contributed by atoms with E-state index in [1.165, 1.54) is 88.4 Å². The minimum Gasteiger partial charge on any atom is -0.309 e. The van der Waals surface area contributed by atoms with Crippen molar-refractivity contribution in [3.8, 4) is 44.8 Å². The first-order valence-corrected chi connectivity index (χ1v) is 17.2. The highest BCUT2D eigenvalue weighted by molar-refractivity contribution is 6.11. The van der Waals surface area contributed by atoms with Crippen LogP contribution in [-0.2, 0) is 0 Å². The van der Waals surface area contributed by atoms with E-state index in [4.69, 9.17) is 0 Å². The van der Waals surface area contributed by atoms with E-state index in [0.29, 0.717) is 0 Å². The molecule has 8 aromatic carbocycles. The Kier molecular flexibility index (Phi) is 6.53. The van der Waals surface area contributed by atoms with Crippen LogP contribution in [0.1, 0.15) is 0 Å². The molecule has 0 saturated heterocycles. The van der Waals surface area contributed by atoms with Crippen molar-refractivity contribution < 1.29 is 0 Å². The molecule has 0 aliphatic carbocycles. The molecule has 2 heterocycles. The van der Waals surface area contributed by atoms with Crippen molar-refractivity contribution in [3.05, 3.63) is 194 Å². The Labute approximate surface area is 290 Å². The van der Waals surface area contributed by atoms with Gasteiger partial charge in [-0.1, -0.05) is 121 Å². The number of hydrogen-bond acceptors (Lipinski definition) is 0. The summed E-state index contributed by atoms with van der Waals surface area (Å²) >= 11 is 0. The molecule has 0 aliphatic rings. The lowest BCUT2D eigenvalue weighted by Gasteiger charge is -2.10. The third kappa shape index (κ3) is 4.57. The molecular formula is C48H32N2. The van der Waals surface area contributed by atoms with Crippen molar-refractivity contribution in [2.75, 3.05) is 0 Å². The fourth-order valence-corrected chi connectivity index (χ4v) is 7.77. The highest BCUT2D eigenvalue weighted by atomic mass is 15.0. The van der Waals surface area contributed by atoms with E-state index < -0.39 is 0 Å². The maximum Gasteiger partial charge on any atom is 0.0541 e. The third-order valence-electron chi connectivity index (χ3n) is 10.1. The van der Waals surface area contributed by atoms with Gasteiger partial charge in [-0.25, -0.2) is 0 Å². The van der Waals surface area contributed by atoms with Gasteiger partial charge in [-0.3, -0.25) is 0 Å². The molecule has 0 amide bonds. The Bertz CT molecular complexity index is 2660. The lowest BCUT2D eigenvalue weighted by molar-refractivity contribution is 1.18.